The van der Waals surface area contributed by atoms with Crippen LogP contribution < -0.4 is 11.1 Å². The van der Waals surface area contributed by atoms with E-state index in [1.165, 1.54) is 18.2 Å². The first kappa shape index (κ1) is 11.6. The van der Waals surface area contributed by atoms with Gasteiger partial charge in [0, 0.05) is 11.6 Å². The molecule has 17 heavy (non-hydrogen) atoms. The summed E-state index contributed by atoms with van der Waals surface area (Å²) in [6, 6.07) is 4.23. The van der Waals surface area contributed by atoms with Crippen molar-refractivity contribution >= 4 is 5.91 Å². The van der Waals surface area contributed by atoms with E-state index in [9.17, 15) is 9.18 Å². The molecule has 1 fully saturated rings. The molecule has 1 amide bonds. The number of amides is 1. The predicted octanol–water partition coefficient (Wildman–Crippen LogP) is 1.03. The van der Waals surface area contributed by atoms with E-state index in [0.717, 1.165) is 12.8 Å². The van der Waals surface area contributed by atoms with Gasteiger partial charge in [0.25, 0.3) is 5.91 Å². The molecule has 0 spiro atoms. The zero-order chi connectivity index (χ0) is 12.3. The number of nitrogens with one attached hydrogen (secondary N) is 1. The average Bonchev–Trinajstić information content (AvgIpc) is 3.11. The van der Waals surface area contributed by atoms with Crippen LogP contribution in [0.25, 0.3) is 0 Å². The van der Waals surface area contributed by atoms with Gasteiger partial charge in [-0.2, -0.15) is 0 Å². The maximum Gasteiger partial charge on any atom is 0.252 e. The summed E-state index contributed by atoms with van der Waals surface area (Å²) in [4.78, 5) is 11.9. The van der Waals surface area contributed by atoms with Gasteiger partial charge in [-0.1, -0.05) is 11.8 Å². The van der Waals surface area contributed by atoms with Crippen LogP contribution in [-0.2, 0) is 0 Å². The summed E-state index contributed by atoms with van der Waals surface area (Å²) in [6.45, 7) is 0.209. The Balaban J connectivity index is 2.27. The lowest BCUT2D eigenvalue weighted by atomic mass is 10.1. The van der Waals surface area contributed by atoms with Crippen molar-refractivity contribution < 1.29 is 9.18 Å². The lowest BCUT2D eigenvalue weighted by Gasteiger charge is -2.05. The third-order valence-corrected chi connectivity index (χ3v) is 2.46. The standard InChI is InChI=1S/C13H13FN2O/c14-10-4-3-9(2-1-7-15)12(8-10)13(17)16-11-5-6-11/h3-4,8,11H,5-7,15H2,(H,16,17). The van der Waals surface area contributed by atoms with Gasteiger partial charge in [-0.15, -0.1) is 0 Å². The molecule has 4 heteroatoms. The maximum atomic E-state index is 13.1. The van der Waals surface area contributed by atoms with E-state index in [2.05, 4.69) is 17.2 Å². The van der Waals surface area contributed by atoms with Crippen LogP contribution in [0.5, 0.6) is 0 Å². The van der Waals surface area contributed by atoms with E-state index in [0.29, 0.717) is 5.56 Å². The Bertz CT molecular complexity index is 498. The number of benzene rings is 1. The van der Waals surface area contributed by atoms with Crippen LogP contribution in [0.1, 0.15) is 28.8 Å². The molecule has 0 bridgehead atoms. The van der Waals surface area contributed by atoms with Gasteiger partial charge in [0.05, 0.1) is 12.1 Å². The Morgan fingerprint density at radius 1 is 1.53 bits per heavy atom. The second-order valence-electron chi connectivity index (χ2n) is 3.94. The zero-order valence-corrected chi connectivity index (χ0v) is 9.29. The van der Waals surface area contributed by atoms with Crippen molar-refractivity contribution in [3.8, 4) is 11.8 Å². The highest BCUT2D eigenvalue weighted by Gasteiger charge is 2.24. The molecule has 0 atom stereocenters. The molecule has 1 aromatic carbocycles. The van der Waals surface area contributed by atoms with Crippen molar-refractivity contribution in [2.24, 2.45) is 5.73 Å². The van der Waals surface area contributed by atoms with Crippen LogP contribution >= 0.6 is 0 Å². The molecule has 2 rings (SSSR count). The van der Waals surface area contributed by atoms with Crippen molar-refractivity contribution in [2.75, 3.05) is 6.54 Å². The molecule has 0 aromatic heterocycles. The molecule has 1 aliphatic carbocycles. The quantitative estimate of drug-likeness (QED) is 0.748. The van der Waals surface area contributed by atoms with E-state index in [1.807, 2.05) is 0 Å². The molecule has 0 saturated heterocycles. The van der Waals surface area contributed by atoms with E-state index in [1.54, 1.807) is 0 Å². The van der Waals surface area contributed by atoms with Gasteiger partial charge in [0.15, 0.2) is 0 Å². The van der Waals surface area contributed by atoms with Crippen molar-refractivity contribution in [1.29, 1.82) is 0 Å². The summed E-state index contributed by atoms with van der Waals surface area (Å²) in [6.07, 6.45) is 1.98. The summed E-state index contributed by atoms with van der Waals surface area (Å²) in [5.41, 5.74) is 6.06. The molecule has 88 valence electrons. The first-order valence-electron chi connectivity index (χ1n) is 5.50. The summed E-state index contributed by atoms with van der Waals surface area (Å²) in [5.74, 6) is 4.73. The number of nitrogens with two attached hydrogens (primary N) is 1. The maximum absolute atomic E-state index is 13.1. The van der Waals surface area contributed by atoms with Crippen molar-refractivity contribution in [3.05, 3.63) is 35.1 Å². The zero-order valence-electron chi connectivity index (χ0n) is 9.29. The number of hydrogen-bond acceptors (Lipinski definition) is 2. The first-order valence-corrected chi connectivity index (χ1v) is 5.50. The second kappa shape index (κ2) is 4.98. The Labute approximate surface area is 99.2 Å². The van der Waals surface area contributed by atoms with Gasteiger partial charge < -0.3 is 11.1 Å². The lowest BCUT2D eigenvalue weighted by Crippen LogP contribution is -2.26. The number of rotatable bonds is 2. The van der Waals surface area contributed by atoms with Gasteiger partial charge in [0.2, 0.25) is 0 Å². The lowest BCUT2D eigenvalue weighted by molar-refractivity contribution is 0.0950. The van der Waals surface area contributed by atoms with Gasteiger partial charge >= 0.3 is 0 Å². The monoisotopic (exact) mass is 232 g/mol. The van der Waals surface area contributed by atoms with E-state index < -0.39 is 5.82 Å². The molecule has 3 N–H and O–H groups in total. The van der Waals surface area contributed by atoms with Crippen molar-refractivity contribution in [1.82, 2.24) is 5.32 Å². The highest BCUT2D eigenvalue weighted by atomic mass is 19.1. The topological polar surface area (TPSA) is 55.1 Å². The fraction of sp³-hybridized carbons (Fsp3) is 0.308. The molecular weight excluding hydrogens is 219 g/mol. The third kappa shape index (κ3) is 3.05. The van der Waals surface area contributed by atoms with Gasteiger partial charge in [0.1, 0.15) is 5.82 Å². The Morgan fingerprint density at radius 3 is 2.94 bits per heavy atom. The van der Waals surface area contributed by atoms with Crippen LogP contribution in [0.4, 0.5) is 4.39 Å². The van der Waals surface area contributed by atoms with Crippen LogP contribution in [0, 0.1) is 17.7 Å². The summed E-state index contributed by atoms with van der Waals surface area (Å²) < 4.78 is 13.1. The minimum absolute atomic E-state index is 0.209. The molecule has 0 radical (unpaired) electrons. The Morgan fingerprint density at radius 2 is 2.29 bits per heavy atom. The molecular formula is C13H13FN2O. The Hall–Kier alpha value is -1.86. The van der Waals surface area contributed by atoms with Crippen LogP contribution in [-0.4, -0.2) is 18.5 Å². The number of hydrogen-bond donors (Lipinski definition) is 2. The smallest absolute Gasteiger partial charge is 0.252 e. The van der Waals surface area contributed by atoms with Crippen LogP contribution in [0.2, 0.25) is 0 Å². The van der Waals surface area contributed by atoms with Crippen molar-refractivity contribution in [2.45, 2.75) is 18.9 Å². The number of halogens is 1. The van der Waals surface area contributed by atoms with Crippen molar-refractivity contribution in [3.63, 3.8) is 0 Å². The summed E-state index contributed by atoms with van der Waals surface area (Å²) >= 11 is 0. The normalized spacial score (nSPS) is 13.8. The SMILES string of the molecule is NCC#Cc1ccc(F)cc1C(=O)NC1CC1. The second-order valence-corrected chi connectivity index (χ2v) is 3.94. The highest BCUT2D eigenvalue weighted by molar-refractivity contribution is 5.97. The molecule has 1 aromatic rings. The fourth-order valence-electron chi connectivity index (χ4n) is 1.45. The molecule has 3 nitrogen and oxygen atoms in total. The Kier molecular flexibility index (Phi) is 3.40. The number of carbonyl (C=O) groups is 1. The van der Waals surface area contributed by atoms with E-state index >= 15 is 0 Å². The minimum atomic E-state index is -0.441. The largest absolute Gasteiger partial charge is 0.349 e. The molecule has 1 saturated carbocycles. The predicted molar refractivity (Wildman–Crippen MR) is 62.8 cm³/mol. The molecule has 1 aliphatic rings. The van der Waals surface area contributed by atoms with E-state index in [4.69, 9.17) is 5.73 Å². The van der Waals surface area contributed by atoms with Crippen LogP contribution in [0.3, 0.4) is 0 Å². The highest BCUT2D eigenvalue weighted by Crippen LogP contribution is 2.20. The first-order chi connectivity index (χ1) is 8.20. The minimum Gasteiger partial charge on any atom is -0.349 e. The summed E-state index contributed by atoms with van der Waals surface area (Å²) in [7, 11) is 0. The molecule has 0 heterocycles. The van der Waals surface area contributed by atoms with Gasteiger partial charge in [-0.25, -0.2) is 4.39 Å². The fourth-order valence-corrected chi connectivity index (χ4v) is 1.45. The summed E-state index contributed by atoms with van der Waals surface area (Å²) in [5, 5.41) is 2.81. The van der Waals surface area contributed by atoms with Gasteiger partial charge in [-0.3, -0.25) is 4.79 Å². The van der Waals surface area contributed by atoms with Gasteiger partial charge in [-0.05, 0) is 31.0 Å². The third-order valence-electron chi connectivity index (χ3n) is 2.46. The average molecular weight is 232 g/mol. The molecule has 0 unspecified atom stereocenters. The molecule has 0 aliphatic heterocycles. The van der Waals surface area contributed by atoms with E-state index in [-0.39, 0.29) is 24.1 Å². The van der Waals surface area contributed by atoms with Crippen LogP contribution in [0.15, 0.2) is 18.2 Å². The number of carbonyl (C=O) groups excluding carboxylic acids is 1.